The van der Waals surface area contributed by atoms with Gasteiger partial charge in [-0.1, -0.05) is 18.2 Å². The number of halogens is 1. The molecule has 0 heterocycles. The van der Waals surface area contributed by atoms with Gasteiger partial charge in [-0.05, 0) is 30.3 Å². The van der Waals surface area contributed by atoms with Gasteiger partial charge >= 0.3 is 0 Å². The molecular formula is C14H15FN2O2S2. The van der Waals surface area contributed by atoms with Crippen molar-refractivity contribution in [3.63, 3.8) is 0 Å². The number of nitrogens with one attached hydrogen (secondary N) is 1. The van der Waals surface area contributed by atoms with E-state index in [9.17, 15) is 12.8 Å². The third-order valence-corrected chi connectivity index (χ3v) is 5.16. The molecule has 7 heteroatoms. The SMILES string of the molecule is Nc1cc(S(=O)(=O)NCCSc2ccccc2)ccc1F. The summed E-state index contributed by atoms with van der Waals surface area (Å²) in [5.41, 5.74) is 5.19. The molecular weight excluding hydrogens is 311 g/mol. The molecule has 2 aromatic carbocycles. The fraction of sp³-hybridized carbons (Fsp3) is 0.143. The Labute approximate surface area is 127 Å². The highest BCUT2D eigenvalue weighted by Gasteiger charge is 2.14. The largest absolute Gasteiger partial charge is 0.396 e. The molecule has 0 fully saturated rings. The number of thioether (sulfide) groups is 1. The minimum absolute atomic E-state index is 0.0360. The molecule has 0 aliphatic heterocycles. The number of benzene rings is 2. The summed E-state index contributed by atoms with van der Waals surface area (Å²) in [5.74, 6) is -0.0338. The number of anilines is 1. The third kappa shape index (κ3) is 4.45. The first-order valence-electron chi connectivity index (χ1n) is 6.21. The summed E-state index contributed by atoms with van der Waals surface area (Å²) in [6.07, 6.45) is 0. The van der Waals surface area contributed by atoms with Crippen LogP contribution in [-0.2, 0) is 10.0 Å². The zero-order valence-electron chi connectivity index (χ0n) is 11.1. The van der Waals surface area contributed by atoms with E-state index >= 15 is 0 Å². The average molecular weight is 326 g/mol. The van der Waals surface area contributed by atoms with Gasteiger partial charge in [0.05, 0.1) is 10.6 Å². The second kappa shape index (κ2) is 6.93. The van der Waals surface area contributed by atoms with Gasteiger partial charge in [0.25, 0.3) is 0 Å². The van der Waals surface area contributed by atoms with Crippen LogP contribution in [0.1, 0.15) is 0 Å². The monoisotopic (exact) mass is 326 g/mol. The van der Waals surface area contributed by atoms with E-state index in [1.807, 2.05) is 30.3 Å². The Kier molecular flexibility index (Phi) is 5.22. The molecule has 0 aliphatic rings. The van der Waals surface area contributed by atoms with Crippen LogP contribution in [0.2, 0.25) is 0 Å². The Morgan fingerprint density at radius 2 is 1.86 bits per heavy atom. The summed E-state index contributed by atoms with van der Waals surface area (Å²) in [4.78, 5) is 1.04. The van der Waals surface area contributed by atoms with Crippen molar-refractivity contribution >= 4 is 27.5 Å². The van der Waals surface area contributed by atoms with Gasteiger partial charge in [-0.3, -0.25) is 0 Å². The molecule has 2 rings (SSSR count). The molecule has 0 saturated carbocycles. The lowest BCUT2D eigenvalue weighted by atomic mass is 10.3. The molecule has 0 atom stereocenters. The fourth-order valence-electron chi connectivity index (χ4n) is 1.63. The Balaban J connectivity index is 1.91. The number of nitrogen functional groups attached to an aromatic ring is 1. The van der Waals surface area contributed by atoms with Crippen LogP contribution >= 0.6 is 11.8 Å². The summed E-state index contributed by atoms with van der Waals surface area (Å²) >= 11 is 1.55. The van der Waals surface area contributed by atoms with E-state index < -0.39 is 15.8 Å². The van der Waals surface area contributed by atoms with Gasteiger partial charge in [0.15, 0.2) is 0 Å². The Hall–Kier alpha value is -1.57. The number of sulfonamides is 1. The Bertz CT molecular complexity index is 706. The van der Waals surface area contributed by atoms with Crippen molar-refractivity contribution in [3.05, 3.63) is 54.3 Å². The van der Waals surface area contributed by atoms with E-state index in [1.54, 1.807) is 11.8 Å². The molecule has 0 bridgehead atoms. The van der Waals surface area contributed by atoms with Crippen LogP contribution in [0.3, 0.4) is 0 Å². The van der Waals surface area contributed by atoms with Crippen LogP contribution in [0.5, 0.6) is 0 Å². The molecule has 4 nitrogen and oxygen atoms in total. The van der Waals surface area contributed by atoms with Gasteiger partial charge in [0.2, 0.25) is 10.0 Å². The van der Waals surface area contributed by atoms with Gasteiger partial charge in [-0.2, -0.15) is 0 Å². The van der Waals surface area contributed by atoms with Crippen LogP contribution in [0.25, 0.3) is 0 Å². The zero-order valence-corrected chi connectivity index (χ0v) is 12.8. The lowest BCUT2D eigenvalue weighted by Gasteiger charge is -2.07. The lowest BCUT2D eigenvalue weighted by molar-refractivity contribution is 0.583. The maximum absolute atomic E-state index is 13.0. The highest BCUT2D eigenvalue weighted by Crippen LogP contribution is 2.18. The second-order valence-corrected chi connectivity index (χ2v) is 7.18. The maximum atomic E-state index is 13.0. The lowest BCUT2D eigenvalue weighted by Crippen LogP contribution is -2.26. The van der Waals surface area contributed by atoms with E-state index in [0.717, 1.165) is 17.0 Å². The van der Waals surface area contributed by atoms with Crippen LogP contribution in [-0.4, -0.2) is 20.7 Å². The predicted octanol–water partition coefficient (Wildman–Crippen LogP) is 2.48. The van der Waals surface area contributed by atoms with Crippen LogP contribution < -0.4 is 10.5 Å². The zero-order chi connectivity index (χ0) is 15.3. The van der Waals surface area contributed by atoms with Gasteiger partial charge in [-0.25, -0.2) is 17.5 Å². The molecule has 0 amide bonds. The van der Waals surface area contributed by atoms with Crippen LogP contribution in [0.4, 0.5) is 10.1 Å². The van der Waals surface area contributed by atoms with E-state index in [2.05, 4.69) is 4.72 Å². The van der Waals surface area contributed by atoms with Crippen molar-refractivity contribution < 1.29 is 12.8 Å². The molecule has 0 unspecified atom stereocenters. The summed E-state index contributed by atoms with van der Waals surface area (Å²) < 4.78 is 39.5. The topological polar surface area (TPSA) is 72.2 Å². The normalized spacial score (nSPS) is 11.5. The minimum Gasteiger partial charge on any atom is -0.396 e. The second-order valence-electron chi connectivity index (χ2n) is 4.24. The molecule has 0 saturated heterocycles. The first kappa shape index (κ1) is 15.8. The van der Waals surface area contributed by atoms with Gasteiger partial charge in [0, 0.05) is 17.2 Å². The highest BCUT2D eigenvalue weighted by molar-refractivity contribution is 7.99. The molecule has 0 aromatic heterocycles. The molecule has 3 N–H and O–H groups in total. The molecule has 2 aromatic rings. The molecule has 0 spiro atoms. The van der Waals surface area contributed by atoms with E-state index in [4.69, 9.17) is 5.73 Å². The highest BCUT2D eigenvalue weighted by atomic mass is 32.2. The van der Waals surface area contributed by atoms with Crippen LogP contribution in [0, 0.1) is 5.82 Å². The quantitative estimate of drug-likeness (QED) is 0.486. The standard InChI is InChI=1S/C14H15FN2O2S2/c15-13-7-6-12(10-14(13)16)21(18,19)17-8-9-20-11-4-2-1-3-5-11/h1-7,10,17H,8-9,16H2. The van der Waals surface area contributed by atoms with Crippen molar-refractivity contribution in [1.29, 1.82) is 0 Å². The molecule has 112 valence electrons. The summed E-state index contributed by atoms with van der Waals surface area (Å²) in [6, 6.07) is 13.0. The van der Waals surface area contributed by atoms with Crippen molar-refractivity contribution in [2.45, 2.75) is 9.79 Å². The summed E-state index contributed by atoms with van der Waals surface area (Å²) in [5, 5.41) is 0. The summed E-state index contributed by atoms with van der Waals surface area (Å²) in [6.45, 7) is 0.277. The number of hydrogen-bond donors (Lipinski definition) is 2. The van der Waals surface area contributed by atoms with E-state index in [-0.39, 0.29) is 17.1 Å². The smallest absolute Gasteiger partial charge is 0.240 e. The predicted molar refractivity (Wildman–Crippen MR) is 83.2 cm³/mol. The van der Waals surface area contributed by atoms with Gasteiger partial charge < -0.3 is 5.73 Å². The summed E-state index contributed by atoms with van der Waals surface area (Å²) in [7, 11) is -3.66. The minimum atomic E-state index is -3.66. The number of rotatable bonds is 6. The van der Waals surface area contributed by atoms with Crippen molar-refractivity contribution in [3.8, 4) is 0 Å². The number of nitrogens with two attached hydrogens (primary N) is 1. The molecule has 0 radical (unpaired) electrons. The fourth-order valence-corrected chi connectivity index (χ4v) is 3.62. The average Bonchev–Trinajstić information content (AvgIpc) is 2.47. The van der Waals surface area contributed by atoms with Crippen molar-refractivity contribution in [2.75, 3.05) is 18.0 Å². The van der Waals surface area contributed by atoms with E-state index in [0.29, 0.717) is 5.75 Å². The van der Waals surface area contributed by atoms with Gasteiger partial charge in [-0.15, -0.1) is 11.8 Å². The molecule has 21 heavy (non-hydrogen) atoms. The van der Waals surface area contributed by atoms with Crippen molar-refractivity contribution in [1.82, 2.24) is 4.72 Å². The Morgan fingerprint density at radius 3 is 2.52 bits per heavy atom. The van der Waals surface area contributed by atoms with Gasteiger partial charge in [0.1, 0.15) is 5.82 Å². The third-order valence-electron chi connectivity index (χ3n) is 2.68. The van der Waals surface area contributed by atoms with Crippen molar-refractivity contribution in [2.24, 2.45) is 0 Å². The first-order valence-corrected chi connectivity index (χ1v) is 8.68. The van der Waals surface area contributed by atoms with Crippen LogP contribution in [0.15, 0.2) is 58.3 Å². The maximum Gasteiger partial charge on any atom is 0.240 e. The first-order chi connectivity index (χ1) is 9.99. The Morgan fingerprint density at radius 1 is 1.14 bits per heavy atom. The molecule has 0 aliphatic carbocycles. The number of hydrogen-bond acceptors (Lipinski definition) is 4. The van der Waals surface area contributed by atoms with E-state index in [1.165, 1.54) is 6.07 Å².